The first-order valence-electron chi connectivity index (χ1n) is 7.61. The van der Waals surface area contributed by atoms with E-state index in [9.17, 15) is 4.79 Å². The zero-order chi connectivity index (χ0) is 16.7. The summed E-state index contributed by atoms with van der Waals surface area (Å²) in [5.74, 6) is 1.13. The number of hydrogen-bond acceptors (Lipinski definition) is 6. The van der Waals surface area contributed by atoms with E-state index in [0.29, 0.717) is 12.3 Å². The van der Waals surface area contributed by atoms with Gasteiger partial charge in [0.25, 0.3) is 5.91 Å². The minimum Gasteiger partial charge on any atom is -0.494 e. The van der Waals surface area contributed by atoms with Crippen molar-refractivity contribution in [1.82, 2.24) is 20.2 Å². The second-order valence-corrected chi connectivity index (χ2v) is 4.91. The number of amides is 1. The number of rotatable bonds is 8. The third-order valence-corrected chi connectivity index (χ3v) is 3.65. The van der Waals surface area contributed by atoms with Gasteiger partial charge in [-0.05, 0) is 25.2 Å². The first kappa shape index (κ1) is 17.0. The molecule has 0 saturated heterocycles. The molecule has 1 atom stereocenters. The average Bonchev–Trinajstić information content (AvgIpc) is 3.12. The van der Waals surface area contributed by atoms with Gasteiger partial charge in [-0.25, -0.2) is 9.97 Å². The van der Waals surface area contributed by atoms with Crippen molar-refractivity contribution in [3.8, 4) is 5.75 Å². The molecule has 7 heteroatoms. The van der Waals surface area contributed by atoms with Crippen molar-refractivity contribution in [1.29, 1.82) is 0 Å². The quantitative estimate of drug-likeness (QED) is 0.800. The van der Waals surface area contributed by atoms with Crippen molar-refractivity contribution in [2.45, 2.75) is 19.9 Å². The van der Waals surface area contributed by atoms with Gasteiger partial charge < -0.3 is 14.5 Å². The van der Waals surface area contributed by atoms with Gasteiger partial charge in [0.2, 0.25) is 5.82 Å². The van der Waals surface area contributed by atoms with Crippen LogP contribution in [0.1, 0.15) is 36.3 Å². The summed E-state index contributed by atoms with van der Waals surface area (Å²) in [6, 6.07) is 3.74. The van der Waals surface area contributed by atoms with Gasteiger partial charge in [-0.15, -0.1) is 0 Å². The number of nitrogens with zero attached hydrogens (tertiary/aromatic N) is 3. The van der Waals surface area contributed by atoms with E-state index in [1.54, 1.807) is 6.26 Å². The van der Waals surface area contributed by atoms with Crippen LogP contribution in [0.15, 0.2) is 35.2 Å². The molecule has 2 heterocycles. The number of carbonyl (C=O) groups is 1. The number of likely N-dealkylation sites (N-methyl/N-ethyl adjacent to an activating group) is 1. The third-order valence-electron chi connectivity index (χ3n) is 3.65. The molecule has 0 spiro atoms. The highest BCUT2D eigenvalue weighted by molar-refractivity contribution is 5.90. The van der Waals surface area contributed by atoms with Crippen molar-refractivity contribution < 1.29 is 13.9 Å². The maximum Gasteiger partial charge on any atom is 0.289 e. The summed E-state index contributed by atoms with van der Waals surface area (Å²) < 4.78 is 10.5. The van der Waals surface area contributed by atoms with Crippen LogP contribution in [0.4, 0.5) is 0 Å². The fourth-order valence-electron chi connectivity index (χ4n) is 2.36. The van der Waals surface area contributed by atoms with E-state index in [0.717, 1.165) is 18.8 Å². The molecule has 7 nitrogen and oxygen atoms in total. The minimum atomic E-state index is -0.323. The number of methoxy groups -OCH3 is 1. The molecule has 2 rings (SSSR count). The Morgan fingerprint density at radius 1 is 1.35 bits per heavy atom. The monoisotopic (exact) mass is 318 g/mol. The molecule has 23 heavy (non-hydrogen) atoms. The lowest BCUT2D eigenvalue weighted by Crippen LogP contribution is -2.38. The molecule has 0 bridgehead atoms. The molecule has 2 aromatic heterocycles. The molecule has 0 aliphatic carbocycles. The molecule has 0 saturated carbocycles. The number of carbonyl (C=O) groups excluding carboxylic acids is 1. The Morgan fingerprint density at radius 2 is 2.04 bits per heavy atom. The summed E-state index contributed by atoms with van der Waals surface area (Å²) >= 11 is 0. The van der Waals surface area contributed by atoms with Crippen molar-refractivity contribution >= 4 is 5.91 Å². The van der Waals surface area contributed by atoms with Gasteiger partial charge in [0.05, 0.1) is 31.8 Å². The Balaban J connectivity index is 2.03. The predicted octanol–water partition coefficient (Wildman–Crippen LogP) is 1.89. The molecular weight excluding hydrogens is 296 g/mol. The Hall–Kier alpha value is -2.41. The van der Waals surface area contributed by atoms with Crippen LogP contribution in [0.2, 0.25) is 0 Å². The second-order valence-electron chi connectivity index (χ2n) is 4.91. The van der Waals surface area contributed by atoms with Crippen LogP contribution < -0.4 is 10.1 Å². The Kier molecular flexibility index (Phi) is 6.10. The van der Waals surface area contributed by atoms with Crippen molar-refractivity contribution in [2.75, 3.05) is 26.7 Å². The highest BCUT2D eigenvalue weighted by Gasteiger charge is 2.22. The lowest BCUT2D eigenvalue weighted by Gasteiger charge is -2.28. The van der Waals surface area contributed by atoms with E-state index in [2.05, 4.69) is 34.0 Å². The molecule has 0 aliphatic heterocycles. The molecule has 2 aromatic rings. The van der Waals surface area contributed by atoms with Crippen LogP contribution in [0, 0.1) is 0 Å². The molecule has 0 radical (unpaired) electrons. The van der Waals surface area contributed by atoms with Crippen LogP contribution in [-0.2, 0) is 0 Å². The van der Waals surface area contributed by atoms with Crippen LogP contribution in [0.3, 0.4) is 0 Å². The fraction of sp³-hybridized carbons (Fsp3) is 0.438. The van der Waals surface area contributed by atoms with Crippen molar-refractivity contribution in [2.24, 2.45) is 0 Å². The van der Waals surface area contributed by atoms with E-state index >= 15 is 0 Å². The van der Waals surface area contributed by atoms with Crippen LogP contribution >= 0.6 is 0 Å². The lowest BCUT2D eigenvalue weighted by atomic mass is 10.2. The summed E-state index contributed by atoms with van der Waals surface area (Å²) in [4.78, 5) is 22.4. The number of nitrogens with one attached hydrogen (secondary N) is 1. The average molecular weight is 318 g/mol. The predicted molar refractivity (Wildman–Crippen MR) is 85.3 cm³/mol. The second kappa shape index (κ2) is 8.28. The smallest absolute Gasteiger partial charge is 0.289 e. The number of hydrogen-bond donors (Lipinski definition) is 1. The van der Waals surface area contributed by atoms with E-state index in [4.69, 9.17) is 9.15 Å². The van der Waals surface area contributed by atoms with E-state index < -0.39 is 0 Å². The largest absolute Gasteiger partial charge is 0.494 e. The summed E-state index contributed by atoms with van der Waals surface area (Å²) in [5.41, 5.74) is 0. The number of furan rings is 1. The molecular formula is C16H22N4O3. The maximum atomic E-state index is 12.2. The normalized spacial score (nSPS) is 12.2. The molecule has 0 fully saturated rings. The standard InChI is InChI=1S/C16H22N4O3/c1-4-20(5-2)13(14-7-6-8-23-14)11-19-16(21)15-17-9-12(22-3)10-18-15/h6-10,13H,4-5,11H2,1-3H3,(H,19,21). The summed E-state index contributed by atoms with van der Waals surface area (Å²) in [7, 11) is 1.52. The van der Waals surface area contributed by atoms with E-state index in [1.807, 2.05) is 12.1 Å². The first-order valence-corrected chi connectivity index (χ1v) is 7.61. The molecule has 124 valence electrons. The van der Waals surface area contributed by atoms with Gasteiger partial charge in [-0.3, -0.25) is 9.69 Å². The molecule has 1 N–H and O–H groups in total. The third kappa shape index (κ3) is 4.29. The minimum absolute atomic E-state index is 0.0257. The van der Waals surface area contributed by atoms with Crippen LogP contribution in [0.25, 0.3) is 0 Å². The number of ether oxygens (including phenoxy) is 1. The van der Waals surface area contributed by atoms with Gasteiger partial charge in [0.1, 0.15) is 5.76 Å². The van der Waals surface area contributed by atoms with Gasteiger partial charge >= 0.3 is 0 Å². The van der Waals surface area contributed by atoms with Gasteiger partial charge in [0.15, 0.2) is 5.75 Å². The lowest BCUT2D eigenvalue weighted by molar-refractivity contribution is 0.0919. The molecule has 0 aromatic carbocycles. The van der Waals surface area contributed by atoms with Gasteiger partial charge in [0, 0.05) is 6.54 Å². The van der Waals surface area contributed by atoms with Gasteiger partial charge in [-0.1, -0.05) is 13.8 Å². The number of aromatic nitrogens is 2. The van der Waals surface area contributed by atoms with Crippen molar-refractivity contribution in [3.63, 3.8) is 0 Å². The highest BCUT2D eigenvalue weighted by atomic mass is 16.5. The summed E-state index contributed by atoms with van der Waals surface area (Å²) in [6.45, 7) is 6.29. The Morgan fingerprint density at radius 3 is 2.57 bits per heavy atom. The zero-order valence-electron chi connectivity index (χ0n) is 13.7. The molecule has 1 unspecified atom stereocenters. The van der Waals surface area contributed by atoms with Crippen LogP contribution in [0.5, 0.6) is 5.75 Å². The van der Waals surface area contributed by atoms with Gasteiger partial charge in [-0.2, -0.15) is 0 Å². The van der Waals surface area contributed by atoms with E-state index in [1.165, 1.54) is 19.5 Å². The maximum absolute atomic E-state index is 12.2. The topological polar surface area (TPSA) is 80.5 Å². The Labute approximate surface area is 135 Å². The summed E-state index contributed by atoms with van der Waals surface area (Å²) in [6.07, 6.45) is 4.58. The summed E-state index contributed by atoms with van der Waals surface area (Å²) in [5, 5.41) is 2.87. The molecule has 1 amide bonds. The first-order chi connectivity index (χ1) is 11.2. The SMILES string of the molecule is CCN(CC)C(CNC(=O)c1ncc(OC)cn1)c1ccco1. The molecule has 0 aliphatic rings. The zero-order valence-corrected chi connectivity index (χ0v) is 13.7. The van der Waals surface area contributed by atoms with Crippen molar-refractivity contribution in [3.05, 3.63) is 42.4 Å². The van der Waals surface area contributed by atoms with E-state index in [-0.39, 0.29) is 17.8 Å². The highest BCUT2D eigenvalue weighted by Crippen LogP contribution is 2.20. The fourth-order valence-corrected chi connectivity index (χ4v) is 2.36. The Bertz CT molecular complexity index is 594. The van der Waals surface area contributed by atoms with Crippen LogP contribution in [-0.4, -0.2) is 47.5 Å².